The lowest BCUT2D eigenvalue weighted by atomic mass is 9.96. The summed E-state index contributed by atoms with van der Waals surface area (Å²) >= 11 is 1.66. The van der Waals surface area contributed by atoms with Crippen molar-refractivity contribution in [2.45, 2.75) is 36.3 Å². The Morgan fingerprint density at radius 2 is 1.89 bits per heavy atom. The van der Waals surface area contributed by atoms with Crippen LogP contribution in [0.2, 0.25) is 0 Å². The number of hydrogen-bond acceptors (Lipinski definition) is 4. The number of carbonyl (C=O) groups is 1. The van der Waals surface area contributed by atoms with Gasteiger partial charge in [-0.15, -0.1) is 11.8 Å². The van der Waals surface area contributed by atoms with Crippen LogP contribution in [0.3, 0.4) is 0 Å². The van der Waals surface area contributed by atoms with E-state index in [4.69, 9.17) is 5.11 Å². The summed E-state index contributed by atoms with van der Waals surface area (Å²) in [4.78, 5) is 16.3. The molecule has 3 rings (SSSR count). The second-order valence-corrected chi connectivity index (χ2v) is 8.69. The van der Waals surface area contributed by atoms with Gasteiger partial charge in [-0.25, -0.2) is 0 Å². The smallest absolute Gasteiger partial charge is 0.303 e. The number of nitriles is 1. The zero-order valence-corrected chi connectivity index (χ0v) is 16.1. The lowest BCUT2D eigenvalue weighted by Crippen LogP contribution is -2.16. The lowest BCUT2D eigenvalue weighted by Gasteiger charge is -2.24. The van der Waals surface area contributed by atoms with Gasteiger partial charge in [-0.2, -0.15) is 5.26 Å². The summed E-state index contributed by atoms with van der Waals surface area (Å²) in [5, 5.41) is 20.3. The van der Waals surface area contributed by atoms with Crippen LogP contribution < -0.4 is 0 Å². The predicted octanol–water partition coefficient (Wildman–Crippen LogP) is 5.51. The summed E-state index contributed by atoms with van der Waals surface area (Å²) in [5.41, 5.74) is 2.66. The van der Waals surface area contributed by atoms with Gasteiger partial charge >= 0.3 is 5.97 Å². The van der Waals surface area contributed by atoms with Crippen molar-refractivity contribution in [3.05, 3.63) is 60.4 Å². The highest BCUT2D eigenvalue weighted by Gasteiger charge is 2.23. The van der Waals surface area contributed by atoms with E-state index in [9.17, 15) is 10.1 Å². The van der Waals surface area contributed by atoms with E-state index in [-0.39, 0.29) is 11.2 Å². The standard InChI is InChI=1S/C22H20N2O2S/c1-22(2,11-9-21(25)26)27-20-10-12-24-14-19(20)18-8-7-15(13-23)16-5-3-4-6-17(16)18/h3-8,10,12,14H,9,11H2,1-2H3,(H,25,26). The monoisotopic (exact) mass is 376 g/mol. The number of aromatic nitrogens is 1. The third kappa shape index (κ3) is 4.29. The Kier molecular flexibility index (Phi) is 5.48. The quantitative estimate of drug-likeness (QED) is 0.574. The normalized spacial score (nSPS) is 11.3. The van der Waals surface area contributed by atoms with Crippen molar-refractivity contribution in [1.82, 2.24) is 4.98 Å². The number of rotatable bonds is 6. The van der Waals surface area contributed by atoms with Gasteiger partial charge in [0.1, 0.15) is 0 Å². The van der Waals surface area contributed by atoms with Gasteiger partial charge in [0.2, 0.25) is 0 Å². The van der Waals surface area contributed by atoms with Gasteiger partial charge in [-0.1, -0.05) is 44.2 Å². The molecule has 0 radical (unpaired) electrons. The van der Waals surface area contributed by atoms with Crippen LogP contribution in [0, 0.1) is 11.3 Å². The molecule has 3 aromatic rings. The number of thioether (sulfide) groups is 1. The number of pyridine rings is 1. The van der Waals surface area contributed by atoms with Crippen molar-refractivity contribution in [3.63, 3.8) is 0 Å². The van der Waals surface area contributed by atoms with E-state index in [0.29, 0.717) is 12.0 Å². The molecule has 0 saturated heterocycles. The fourth-order valence-electron chi connectivity index (χ4n) is 3.06. The highest BCUT2D eigenvalue weighted by Crippen LogP contribution is 2.42. The van der Waals surface area contributed by atoms with Gasteiger partial charge in [0.05, 0.1) is 11.6 Å². The van der Waals surface area contributed by atoms with Gasteiger partial charge in [0.15, 0.2) is 0 Å². The number of fused-ring (bicyclic) bond motifs is 1. The summed E-state index contributed by atoms with van der Waals surface area (Å²) in [6.07, 6.45) is 4.30. The third-order valence-electron chi connectivity index (χ3n) is 4.44. The number of hydrogen-bond donors (Lipinski definition) is 1. The summed E-state index contributed by atoms with van der Waals surface area (Å²) in [6.45, 7) is 4.11. The minimum absolute atomic E-state index is 0.139. The largest absolute Gasteiger partial charge is 0.481 e. The van der Waals surface area contributed by atoms with Gasteiger partial charge < -0.3 is 5.11 Å². The molecule has 4 nitrogen and oxygen atoms in total. The summed E-state index contributed by atoms with van der Waals surface area (Å²) in [5.74, 6) is -0.781. The number of benzene rings is 2. The van der Waals surface area contributed by atoms with Gasteiger partial charge in [-0.3, -0.25) is 9.78 Å². The Morgan fingerprint density at radius 1 is 1.15 bits per heavy atom. The molecule has 27 heavy (non-hydrogen) atoms. The first-order chi connectivity index (χ1) is 12.9. The molecule has 2 aromatic carbocycles. The van der Waals surface area contributed by atoms with E-state index in [2.05, 4.69) is 24.9 Å². The first-order valence-electron chi connectivity index (χ1n) is 8.68. The van der Waals surface area contributed by atoms with Crippen LogP contribution in [0.25, 0.3) is 21.9 Å². The van der Waals surface area contributed by atoms with Crippen LogP contribution in [0.5, 0.6) is 0 Å². The number of carboxylic acids is 1. The summed E-state index contributed by atoms with van der Waals surface area (Å²) in [6, 6.07) is 15.9. The number of nitrogens with zero attached hydrogens (tertiary/aromatic N) is 2. The minimum Gasteiger partial charge on any atom is -0.481 e. The molecule has 0 aliphatic heterocycles. The van der Waals surface area contributed by atoms with E-state index in [1.165, 1.54) is 0 Å². The van der Waals surface area contributed by atoms with Crippen molar-refractivity contribution < 1.29 is 9.90 Å². The second kappa shape index (κ2) is 7.81. The van der Waals surface area contributed by atoms with Gasteiger partial charge in [0, 0.05) is 39.4 Å². The van der Waals surface area contributed by atoms with Crippen LogP contribution in [-0.4, -0.2) is 20.8 Å². The van der Waals surface area contributed by atoms with Crippen LogP contribution in [-0.2, 0) is 4.79 Å². The Morgan fingerprint density at radius 3 is 2.59 bits per heavy atom. The molecule has 1 N–H and O–H groups in total. The molecule has 0 unspecified atom stereocenters. The van der Waals surface area contributed by atoms with Crippen LogP contribution in [0.1, 0.15) is 32.3 Å². The van der Waals surface area contributed by atoms with E-state index in [1.54, 1.807) is 18.0 Å². The topological polar surface area (TPSA) is 74.0 Å². The number of aliphatic carboxylic acids is 1. The first-order valence-corrected chi connectivity index (χ1v) is 9.50. The Bertz CT molecular complexity index is 1040. The van der Waals surface area contributed by atoms with Gasteiger partial charge in [-0.05, 0) is 29.5 Å². The molecule has 0 fully saturated rings. The molecule has 0 amide bonds. The van der Waals surface area contributed by atoms with Crippen molar-refractivity contribution in [3.8, 4) is 17.2 Å². The lowest BCUT2D eigenvalue weighted by molar-refractivity contribution is -0.137. The zero-order chi connectivity index (χ0) is 19.4. The first kappa shape index (κ1) is 18.9. The summed E-state index contributed by atoms with van der Waals surface area (Å²) in [7, 11) is 0. The predicted molar refractivity (Wildman–Crippen MR) is 109 cm³/mol. The van der Waals surface area contributed by atoms with E-state index >= 15 is 0 Å². The maximum atomic E-state index is 10.9. The van der Waals surface area contributed by atoms with Crippen LogP contribution in [0.4, 0.5) is 0 Å². The molecule has 1 aromatic heterocycles. The fraction of sp³-hybridized carbons (Fsp3) is 0.227. The van der Waals surface area contributed by atoms with Crippen LogP contribution in [0.15, 0.2) is 59.8 Å². The van der Waals surface area contributed by atoms with Crippen molar-refractivity contribution in [2.75, 3.05) is 0 Å². The molecule has 0 atom stereocenters. The molecule has 0 bridgehead atoms. The molecule has 1 heterocycles. The molecule has 0 aliphatic carbocycles. The maximum Gasteiger partial charge on any atom is 0.303 e. The van der Waals surface area contributed by atoms with Crippen molar-refractivity contribution in [2.24, 2.45) is 0 Å². The SMILES string of the molecule is CC(C)(CCC(=O)O)Sc1ccncc1-c1ccc(C#N)c2ccccc12. The molecule has 136 valence electrons. The molecular formula is C22H20N2O2S. The molecule has 0 spiro atoms. The average molecular weight is 376 g/mol. The fourth-order valence-corrected chi connectivity index (χ4v) is 4.26. The second-order valence-electron chi connectivity index (χ2n) is 6.95. The Labute approximate surface area is 162 Å². The molecule has 0 aliphatic rings. The molecular weight excluding hydrogens is 356 g/mol. The molecule has 5 heteroatoms. The van der Waals surface area contributed by atoms with Crippen LogP contribution >= 0.6 is 11.8 Å². The zero-order valence-electron chi connectivity index (χ0n) is 15.3. The Hall–Kier alpha value is -2.84. The highest BCUT2D eigenvalue weighted by atomic mass is 32.2. The average Bonchev–Trinajstić information content (AvgIpc) is 2.66. The maximum absolute atomic E-state index is 10.9. The van der Waals surface area contributed by atoms with E-state index < -0.39 is 5.97 Å². The Balaban J connectivity index is 2.06. The van der Waals surface area contributed by atoms with E-state index in [0.717, 1.165) is 26.8 Å². The third-order valence-corrected chi connectivity index (χ3v) is 5.78. The minimum atomic E-state index is -0.781. The van der Waals surface area contributed by atoms with Gasteiger partial charge in [0.25, 0.3) is 0 Å². The van der Waals surface area contributed by atoms with Crippen molar-refractivity contribution >= 4 is 28.5 Å². The van der Waals surface area contributed by atoms with E-state index in [1.807, 2.05) is 48.7 Å². The highest BCUT2D eigenvalue weighted by molar-refractivity contribution is 8.00. The number of carboxylic acid groups (broad SMARTS) is 1. The summed E-state index contributed by atoms with van der Waals surface area (Å²) < 4.78 is -0.225. The van der Waals surface area contributed by atoms with Crippen molar-refractivity contribution in [1.29, 1.82) is 5.26 Å². The molecule has 0 saturated carbocycles.